The van der Waals surface area contributed by atoms with Gasteiger partial charge in [-0.2, -0.15) is 4.98 Å². The largest absolute Gasteiger partial charge is 0.356 e. The average molecular weight is 447 g/mol. The topological polar surface area (TPSA) is 109 Å². The Hall–Kier alpha value is -2.49. The third-order valence-electron chi connectivity index (χ3n) is 6.07. The van der Waals surface area contributed by atoms with E-state index in [2.05, 4.69) is 25.5 Å². The summed E-state index contributed by atoms with van der Waals surface area (Å²) in [5, 5.41) is 6.64. The van der Waals surface area contributed by atoms with Crippen molar-refractivity contribution in [2.45, 2.75) is 64.5 Å². The van der Waals surface area contributed by atoms with Crippen molar-refractivity contribution in [1.29, 1.82) is 0 Å². The minimum Gasteiger partial charge on any atom is -0.356 e. The molecule has 31 heavy (non-hydrogen) atoms. The third kappa shape index (κ3) is 5.06. The molecule has 2 aromatic heterocycles. The van der Waals surface area contributed by atoms with Crippen molar-refractivity contribution in [3.8, 4) is 0 Å². The van der Waals surface area contributed by atoms with Crippen LogP contribution >= 0.6 is 11.3 Å². The zero-order valence-corrected chi connectivity index (χ0v) is 18.7. The van der Waals surface area contributed by atoms with E-state index in [9.17, 15) is 14.4 Å². The molecule has 1 saturated heterocycles. The number of nitrogens with zero attached hydrogens (tertiary/aromatic N) is 4. The van der Waals surface area contributed by atoms with Crippen molar-refractivity contribution in [2.24, 2.45) is 5.92 Å². The molecule has 0 bridgehead atoms. The lowest BCUT2D eigenvalue weighted by Crippen LogP contribution is -2.43. The lowest BCUT2D eigenvalue weighted by atomic mass is 9.95. The number of thiazole rings is 1. The van der Waals surface area contributed by atoms with Gasteiger partial charge in [-0.15, -0.1) is 0 Å². The van der Waals surface area contributed by atoms with E-state index in [1.165, 1.54) is 28.7 Å². The van der Waals surface area contributed by atoms with Crippen molar-refractivity contribution < 1.29 is 9.59 Å². The minimum absolute atomic E-state index is 0.0332. The maximum absolute atomic E-state index is 12.9. The Morgan fingerprint density at radius 1 is 1.19 bits per heavy atom. The molecule has 2 fully saturated rings. The summed E-state index contributed by atoms with van der Waals surface area (Å²) >= 11 is 1.29. The predicted molar refractivity (Wildman–Crippen MR) is 120 cm³/mol. The molecule has 1 aliphatic heterocycles. The van der Waals surface area contributed by atoms with E-state index in [1.807, 2.05) is 6.92 Å². The molecule has 10 heteroatoms. The molecule has 4 rings (SSSR count). The second-order valence-electron chi connectivity index (χ2n) is 8.41. The molecule has 1 aliphatic carbocycles. The van der Waals surface area contributed by atoms with Gasteiger partial charge in [0.25, 0.3) is 5.56 Å². The first-order chi connectivity index (χ1) is 15.0. The van der Waals surface area contributed by atoms with Crippen LogP contribution in [0.5, 0.6) is 0 Å². The number of piperidine rings is 1. The van der Waals surface area contributed by atoms with Gasteiger partial charge < -0.3 is 15.5 Å². The highest BCUT2D eigenvalue weighted by Gasteiger charge is 2.27. The van der Waals surface area contributed by atoms with Crippen LogP contribution in [0, 0.1) is 5.92 Å². The number of amides is 2. The summed E-state index contributed by atoms with van der Waals surface area (Å²) in [6, 6.07) is 0.209. The molecule has 0 radical (unpaired) electrons. The SMILES string of the molecule is CCNC(=O)C1CCCN(c2nc3ncn(CC(=O)NC4CCCCC4)c(=O)c3s2)C1. The zero-order valence-electron chi connectivity index (χ0n) is 17.9. The van der Waals surface area contributed by atoms with Gasteiger partial charge in [0.15, 0.2) is 10.8 Å². The van der Waals surface area contributed by atoms with Crippen LogP contribution in [0.1, 0.15) is 51.9 Å². The normalized spacial score (nSPS) is 20.0. The lowest BCUT2D eigenvalue weighted by Gasteiger charge is -2.31. The summed E-state index contributed by atoms with van der Waals surface area (Å²) in [5.41, 5.74) is 0.152. The highest BCUT2D eigenvalue weighted by Crippen LogP contribution is 2.29. The number of hydrogen-bond donors (Lipinski definition) is 2. The summed E-state index contributed by atoms with van der Waals surface area (Å²) in [6.45, 7) is 3.89. The molecular formula is C21H30N6O3S. The van der Waals surface area contributed by atoms with Gasteiger partial charge in [-0.05, 0) is 32.6 Å². The molecule has 2 N–H and O–H groups in total. The van der Waals surface area contributed by atoms with Gasteiger partial charge in [-0.25, -0.2) is 4.98 Å². The fraction of sp³-hybridized carbons (Fsp3) is 0.667. The Bertz CT molecular complexity index is 997. The van der Waals surface area contributed by atoms with Crippen molar-refractivity contribution in [2.75, 3.05) is 24.5 Å². The van der Waals surface area contributed by atoms with Crippen LogP contribution in [0.15, 0.2) is 11.1 Å². The Kier molecular flexibility index (Phi) is 6.84. The van der Waals surface area contributed by atoms with Crippen LogP contribution < -0.4 is 21.1 Å². The van der Waals surface area contributed by atoms with Crippen molar-refractivity contribution in [3.05, 3.63) is 16.7 Å². The van der Waals surface area contributed by atoms with Crippen LogP contribution in [-0.2, 0) is 16.1 Å². The molecule has 1 atom stereocenters. The number of fused-ring (bicyclic) bond motifs is 1. The van der Waals surface area contributed by atoms with E-state index in [-0.39, 0.29) is 35.9 Å². The molecule has 2 aliphatic rings. The average Bonchev–Trinajstić information content (AvgIpc) is 3.22. The van der Waals surface area contributed by atoms with E-state index < -0.39 is 0 Å². The molecule has 3 heterocycles. The van der Waals surface area contributed by atoms with Crippen LogP contribution in [0.4, 0.5) is 5.13 Å². The molecular weight excluding hydrogens is 416 g/mol. The quantitative estimate of drug-likeness (QED) is 0.698. The van der Waals surface area contributed by atoms with Crippen LogP contribution in [0.25, 0.3) is 10.3 Å². The van der Waals surface area contributed by atoms with E-state index in [0.29, 0.717) is 28.6 Å². The predicted octanol–water partition coefficient (Wildman–Crippen LogP) is 1.65. The van der Waals surface area contributed by atoms with Gasteiger partial charge in [0.2, 0.25) is 11.8 Å². The van der Waals surface area contributed by atoms with E-state index in [0.717, 1.165) is 45.1 Å². The third-order valence-corrected chi connectivity index (χ3v) is 7.16. The van der Waals surface area contributed by atoms with Gasteiger partial charge in [-0.3, -0.25) is 19.0 Å². The Balaban J connectivity index is 1.47. The highest BCUT2D eigenvalue weighted by atomic mass is 32.1. The number of hydrogen-bond acceptors (Lipinski definition) is 7. The summed E-state index contributed by atoms with van der Waals surface area (Å²) < 4.78 is 1.80. The second kappa shape index (κ2) is 9.76. The number of nitrogens with one attached hydrogen (secondary N) is 2. The Morgan fingerprint density at radius 3 is 2.77 bits per heavy atom. The molecule has 2 amide bonds. The van der Waals surface area contributed by atoms with E-state index in [1.54, 1.807) is 0 Å². The monoisotopic (exact) mass is 446 g/mol. The van der Waals surface area contributed by atoms with Crippen LogP contribution in [0.2, 0.25) is 0 Å². The maximum Gasteiger partial charge on any atom is 0.273 e. The summed E-state index contributed by atoms with van der Waals surface area (Å²) in [7, 11) is 0. The van der Waals surface area contributed by atoms with Gasteiger partial charge in [0.1, 0.15) is 17.6 Å². The van der Waals surface area contributed by atoms with Crippen molar-refractivity contribution in [3.63, 3.8) is 0 Å². The highest BCUT2D eigenvalue weighted by molar-refractivity contribution is 7.22. The van der Waals surface area contributed by atoms with Gasteiger partial charge in [0.05, 0.1) is 5.92 Å². The van der Waals surface area contributed by atoms with Gasteiger partial charge in [0, 0.05) is 25.7 Å². The second-order valence-corrected chi connectivity index (χ2v) is 9.39. The summed E-state index contributed by atoms with van der Waals surface area (Å²) in [6.07, 6.45) is 8.67. The molecule has 0 spiro atoms. The Labute approximate surface area is 185 Å². The molecule has 1 saturated carbocycles. The van der Waals surface area contributed by atoms with E-state index >= 15 is 0 Å². The first kappa shape index (κ1) is 21.7. The van der Waals surface area contributed by atoms with Crippen LogP contribution in [0.3, 0.4) is 0 Å². The summed E-state index contributed by atoms with van der Waals surface area (Å²) in [5.74, 6) is -0.160. The Morgan fingerprint density at radius 2 is 2.00 bits per heavy atom. The maximum atomic E-state index is 12.9. The lowest BCUT2D eigenvalue weighted by molar-refractivity contribution is -0.125. The molecule has 168 valence electrons. The van der Waals surface area contributed by atoms with E-state index in [4.69, 9.17) is 0 Å². The molecule has 9 nitrogen and oxygen atoms in total. The number of carbonyl (C=O) groups excluding carboxylic acids is 2. The number of rotatable bonds is 6. The van der Waals surface area contributed by atoms with Gasteiger partial charge >= 0.3 is 0 Å². The number of aromatic nitrogens is 3. The fourth-order valence-corrected chi connectivity index (χ4v) is 5.45. The first-order valence-electron chi connectivity index (χ1n) is 11.2. The summed E-state index contributed by atoms with van der Waals surface area (Å²) in [4.78, 5) is 48.5. The zero-order chi connectivity index (χ0) is 21.8. The number of carbonyl (C=O) groups is 2. The molecule has 1 unspecified atom stereocenters. The first-order valence-corrected chi connectivity index (χ1v) is 12.0. The van der Waals surface area contributed by atoms with Gasteiger partial charge in [-0.1, -0.05) is 30.6 Å². The van der Waals surface area contributed by atoms with Crippen molar-refractivity contribution in [1.82, 2.24) is 25.2 Å². The molecule has 2 aromatic rings. The smallest absolute Gasteiger partial charge is 0.273 e. The van der Waals surface area contributed by atoms with Crippen molar-refractivity contribution >= 4 is 38.6 Å². The molecule has 0 aromatic carbocycles. The fourth-order valence-electron chi connectivity index (χ4n) is 4.44. The standard InChI is InChI=1S/C21H30N6O3S/c1-2-22-19(29)14-7-6-10-26(11-14)21-25-18-17(31-21)20(30)27(13-23-18)12-16(28)24-15-8-4-3-5-9-15/h13-15H,2-12H2,1H3,(H,22,29)(H,24,28). The minimum atomic E-state index is -0.246. The van der Waals surface area contributed by atoms with Crippen LogP contribution in [-0.4, -0.2) is 52.0 Å². The number of anilines is 1.